The van der Waals surface area contributed by atoms with Crippen molar-refractivity contribution in [3.63, 3.8) is 0 Å². The van der Waals surface area contributed by atoms with Crippen molar-refractivity contribution in [2.45, 2.75) is 20.3 Å². The Balaban J connectivity index is 1.66. The van der Waals surface area contributed by atoms with Gasteiger partial charge < -0.3 is 9.80 Å². The van der Waals surface area contributed by atoms with Gasteiger partial charge in [0.2, 0.25) is 5.91 Å². The largest absolute Gasteiger partial charge is 0.367 e. The van der Waals surface area contributed by atoms with Gasteiger partial charge in [-0.25, -0.2) is 0 Å². The molecule has 0 unspecified atom stereocenters. The average Bonchev–Trinajstić information content (AvgIpc) is 2.62. The molecule has 0 N–H and O–H groups in total. The van der Waals surface area contributed by atoms with Gasteiger partial charge in [0.15, 0.2) is 0 Å². The molecule has 0 atom stereocenters. The van der Waals surface area contributed by atoms with E-state index < -0.39 is 0 Å². The summed E-state index contributed by atoms with van der Waals surface area (Å²) in [6, 6.07) is 9.83. The highest BCUT2D eigenvalue weighted by atomic mass is 16.2. The van der Waals surface area contributed by atoms with Crippen LogP contribution in [0.2, 0.25) is 0 Å². The van der Waals surface area contributed by atoms with E-state index in [2.05, 4.69) is 20.9 Å². The van der Waals surface area contributed by atoms with Gasteiger partial charge in [0.25, 0.3) is 0 Å². The van der Waals surface area contributed by atoms with Gasteiger partial charge in [-0.05, 0) is 32.0 Å². The second-order valence-corrected chi connectivity index (χ2v) is 6.22. The molecule has 1 fully saturated rings. The number of piperazine rings is 1. The predicted molar refractivity (Wildman–Crippen MR) is 95.2 cm³/mol. The van der Waals surface area contributed by atoms with E-state index in [1.165, 1.54) is 0 Å². The average molecular weight is 335 g/mol. The highest BCUT2D eigenvalue weighted by Gasteiger charge is 2.24. The van der Waals surface area contributed by atoms with Crippen LogP contribution in [0.1, 0.15) is 22.6 Å². The summed E-state index contributed by atoms with van der Waals surface area (Å²) in [5, 5.41) is 9.44. The number of carbonyl (C=O) groups excluding carboxylic acids is 1. The molecule has 0 aliphatic carbocycles. The zero-order valence-corrected chi connectivity index (χ0v) is 14.6. The summed E-state index contributed by atoms with van der Waals surface area (Å²) in [4.78, 5) is 25.1. The molecule has 0 aromatic carbocycles. The van der Waals surface area contributed by atoms with E-state index in [0.29, 0.717) is 38.2 Å². The second kappa shape index (κ2) is 7.31. The summed E-state index contributed by atoms with van der Waals surface area (Å²) in [7, 11) is 0. The number of anilines is 1. The van der Waals surface area contributed by atoms with Gasteiger partial charge in [-0.3, -0.25) is 14.8 Å². The van der Waals surface area contributed by atoms with Crippen LogP contribution in [-0.4, -0.2) is 47.0 Å². The minimum Gasteiger partial charge on any atom is -0.367 e. The first kappa shape index (κ1) is 16.9. The summed E-state index contributed by atoms with van der Waals surface area (Å²) >= 11 is 0. The van der Waals surface area contributed by atoms with Crippen molar-refractivity contribution in [2.75, 3.05) is 31.1 Å². The van der Waals surface area contributed by atoms with Gasteiger partial charge in [-0.1, -0.05) is 6.07 Å². The van der Waals surface area contributed by atoms with Crippen LogP contribution in [0.4, 0.5) is 5.69 Å². The first-order chi connectivity index (χ1) is 12.1. The molecule has 128 valence electrons. The molecule has 1 aliphatic heterocycles. The molecule has 25 heavy (non-hydrogen) atoms. The molecule has 2 aromatic rings. The minimum absolute atomic E-state index is 0.0981. The second-order valence-electron chi connectivity index (χ2n) is 6.22. The molecule has 2 aromatic heterocycles. The fraction of sp³-hybridized carbons (Fsp3) is 0.368. The maximum atomic E-state index is 12.4. The lowest BCUT2D eigenvalue weighted by Gasteiger charge is -2.36. The number of hydrogen-bond acceptors (Lipinski definition) is 5. The van der Waals surface area contributed by atoms with Crippen LogP contribution in [0.5, 0.6) is 0 Å². The summed E-state index contributed by atoms with van der Waals surface area (Å²) in [5.74, 6) is 0.0981. The van der Waals surface area contributed by atoms with Crippen molar-refractivity contribution in [2.24, 2.45) is 0 Å². The fourth-order valence-electron chi connectivity index (χ4n) is 3.16. The van der Waals surface area contributed by atoms with Crippen LogP contribution in [0.15, 0.2) is 30.5 Å². The smallest absolute Gasteiger partial charge is 0.228 e. The van der Waals surface area contributed by atoms with Crippen LogP contribution in [0.3, 0.4) is 0 Å². The molecule has 3 rings (SSSR count). The van der Waals surface area contributed by atoms with E-state index in [4.69, 9.17) is 0 Å². The van der Waals surface area contributed by atoms with Crippen molar-refractivity contribution in [3.05, 3.63) is 53.1 Å². The third-order valence-electron chi connectivity index (χ3n) is 4.45. The quantitative estimate of drug-likeness (QED) is 0.856. The van der Waals surface area contributed by atoms with E-state index in [1.807, 2.05) is 43.0 Å². The molecule has 0 radical (unpaired) electrons. The maximum Gasteiger partial charge on any atom is 0.228 e. The van der Waals surface area contributed by atoms with Crippen molar-refractivity contribution in [1.29, 1.82) is 5.26 Å². The number of aromatic nitrogens is 2. The van der Waals surface area contributed by atoms with Gasteiger partial charge in [-0.15, -0.1) is 0 Å². The molecule has 3 heterocycles. The third kappa shape index (κ3) is 3.77. The number of nitriles is 1. The molecule has 1 aliphatic rings. The monoisotopic (exact) mass is 335 g/mol. The molecule has 6 nitrogen and oxygen atoms in total. The summed E-state index contributed by atoms with van der Waals surface area (Å²) in [6.07, 6.45) is 2.04. The van der Waals surface area contributed by atoms with Crippen LogP contribution in [0.25, 0.3) is 0 Å². The van der Waals surface area contributed by atoms with Gasteiger partial charge >= 0.3 is 0 Å². The van der Waals surface area contributed by atoms with Gasteiger partial charge in [0.1, 0.15) is 6.07 Å². The Labute approximate surface area is 147 Å². The zero-order valence-electron chi connectivity index (χ0n) is 14.6. The molecular weight excluding hydrogens is 314 g/mol. The Morgan fingerprint density at radius 3 is 2.64 bits per heavy atom. The van der Waals surface area contributed by atoms with Crippen LogP contribution < -0.4 is 4.90 Å². The number of aryl methyl sites for hydroxylation is 2. The number of rotatable bonds is 3. The first-order valence-electron chi connectivity index (χ1n) is 8.39. The lowest BCUT2D eigenvalue weighted by Crippen LogP contribution is -2.49. The summed E-state index contributed by atoms with van der Waals surface area (Å²) in [6.45, 7) is 6.52. The van der Waals surface area contributed by atoms with Crippen molar-refractivity contribution in [1.82, 2.24) is 14.9 Å². The van der Waals surface area contributed by atoms with E-state index >= 15 is 0 Å². The van der Waals surface area contributed by atoms with E-state index in [1.54, 1.807) is 6.20 Å². The lowest BCUT2D eigenvalue weighted by atomic mass is 10.1. The summed E-state index contributed by atoms with van der Waals surface area (Å²) < 4.78 is 0. The normalized spacial score (nSPS) is 14.3. The maximum absolute atomic E-state index is 12.4. The Bertz CT molecular complexity index is 805. The van der Waals surface area contributed by atoms with Crippen molar-refractivity contribution in [3.8, 4) is 6.07 Å². The first-order valence-corrected chi connectivity index (χ1v) is 8.39. The molecule has 1 saturated heterocycles. The standard InChI is InChI=1S/C19H21N5O/c1-14-11-18(17(13-20)15(2)22-14)23-7-9-24(10-8-23)19(25)12-16-5-3-4-6-21-16/h3-6,11H,7-10,12H2,1-2H3. The number of carbonyl (C=O) groups is 1. The van der Waals surface area contributed by atoms with Crippen LogP contribution >= 0.6 is 0 Å². The number of amides is 1. The fourth-order valence-corrected chi connectivity index (χ4v) is 3.16. The van der Waals surface area contributed by atoms with Gasteiger partial charge in [0, 0.05) is 43.8 Å². The predicted octanol–water partition coefficient (Wildman–Crippen LogP) is 1.86. The lowest BCUT2D eigenvalue weighted by molar-refractivity contribution is -0.130. The van der Waals surface area contributed by atoms with Gasteiger partial charge in [-0.2, -0.15) is 5.26 Å². The molecule has 0 saturated carbocycles. The Morgan fingerprint density at radius 2 is 2.00 bits per heavy atom. The Morgan fingerprint density at radius 1 is 1.24 bits per heavy atom. The third-order valence-corrected chi connectivity index (χ3v) is 4.45. The molecule has 6 heteroatoms. The van der Waals surface area contributed by atoms with E-state index in [-0.39, 0.29) is 5.91 Å². The summed E-state index contributed by atoms with van der Waals surface area (Å²) in [5.41, 5.74) is 4.00. The van der Waals surface area contributed by atoms with Crippen LogP contribution in [0, 0.1) is 25.2 Å². The van der Waals surface area contributed by atoms with E-state index in [9.17, 15) is 10.1 Å². The van der Waals surface area contributed by atoms with E-state index in [0.717, 1.165) is 22.8 Å². The molecule has 0 spiro atoms. The highest BCUT2D eigenvalue weighted by Crippen LogP contribution is 2.24. The zero-order chi connectivity index (χ0) is 17.8. The Hall–Kier alpha value is -2.94. The Kier molecular flexibility index (Phi) is 4.94. The topological polar surface area (TPSA) is 73.1 Å². The number of nitrogens with zero attached hydrogens (tertiary/aromatic N) is 5. The molecule has 0 bridgehead atoms. The minimum atomic E-state index is 0.0981. The molecule has 1 amide bonds. The van der Waals surface area contributed by atoms with Crippen molar-refractivity contribution < 1.29 is 4.79 Å². The van der Waals surface area contributed by atoms with Gasteiger partial charge in [0.05, 0.1) is 23.4 Å². The van der Waals surface area contributed by atoms with Crippen molar-refractivity contribution >= 4 is 11.6 Å². The number of pyridine rings is 2. The molecular formula is C19H21N5O. The van der Waals surface area contributed by atoms with Crippen LogP contribution in [-0.2, 0) is 11.2 Å². The SMILES string of the molecule is Cc1cc(N2CCN(C(=O)Cc3ccccn3)CC2)c(C#N)c(C)n1. The number of hydrogen-bond donors (Lipinski definition) is 0. The highest BCUT2D eigenvalue weighted by molar-refractivity contribution is 5.78.